The molecule has 0 radical (unpaired) electrons. The van der Waals surface area contributed by atoms with Crippen LogP contribution in [0.2, 0.25) is 0 Å². The number of halogens is 1. The van der Waals surface area contributed by atoms with Crippen molar-refractivity contribution in [1.82, 2.24) is 4.57 Å². The van der Waals surface area contributed by atoms with Gasteiger partial charge in [-0.2, -0.15) is 0 Å². The first-order chi connectivity index (χ1) is 11.5. The summed E-state index contributed by atoms with van der Waals surface area (Å²) in [5.41, 5.74) is 2.26. The molecule has 24 heavy (non-hydrogen) atoms. The molecule has 1 heterocycles. The third kappa shape index (κ3) is 2.93. The van der Waals surface area contributed by atoms with E-state index in [2.05, 4.69) is 5.32 Å². The zero-order valence-electron chi connectivity index (χ0n) is 13.5. The van der Waals surface area contributed by atoms with Crippen LogP contribution in [0.5, 0.6) is 0 Å². The second-order valence-electron chi connectivity index (χ2n) is 5.57. The lowest BCUT2D eigenvalue weighted by Crippen LogP contribution is -2.08. The second-order valence-corrected chi connectivity index (χ2v) is 5.57. The first-order valence-corrected chi connectivity index (χ1v) is 7.70. The van der Waals surface area contributed by atoms with E-state index in [-0.39, 0.29) is 11.3 Å². The van der Waals surface area contributed by atoms with Crippen molar-refractivity contribution >= 4 is 22.5 Å². The highest BCUT2D eigenvalue weighted by molar-refractivity contribution is 5.89. The Bertz CT molecular complexity index is 975. The van der Waals surface area contributed by atoms with Crippen molar-refractivity contribution < 1.29 is 9.18 Å². The van der Waals surface area contributed by atoms with Crippen molar-refractivity contribution in [2.75, 3.05) is 5.32 Å². The van der Waals surface area contributed by atoms with Crippen molar-refractivity contribution in [3.8, 4) is 11.1 Å². The van der Waals surface area contributed by atoms with Crippen LogP contribution in [0.3, 0.4) is 0 Å². The van der Waals surface area contributed by atoms with Gasteiger partial charge in [0.05, 0.1) is 5.52 Å². The maximum absolute atomic E-state index is 14.5. The van der Waals surface area contributed by atoms with Crippen molar-refractivity contribution in [1.29, 1.82) is 0 Å². The number of fused-ring (bicyclic) bond motifs is 1. The Morgan fingerprint density at radius 2 is 1.88 bits per heavy atom. The number of hydrogen-bond donors (Lipinski definition) is 1. The predicted molar refractivity (Wildman–Crippen MR) is 93.6 cm³/mol. The van der Waals surface area contributed by atoms with E-state index in [0.29, 0.717) is 34.3 Å². The number of aromatic nitrogens is 1. The van der Waals surface area contributed by atoms with E-state index in [1.54, 1.807) is 36.5 Å². The smallest absolute Gasteiger partial charge is 0.221 e. The summed E-state index contributed by atoms with van der Waals surface area (Å²) in [4.78, 5) is 23.0. The molecule has 3 rings (SSSR count). The lowest BCUT2D eigenvalue weighted by molar-refractivity contribution is -0.114. The number of rotatable bonds is 3. The topological polar surface area (TPSA) is 51.1 Å². The van der Waals surface area contributed by atoms with Crippen molar-refractivity contribution in [2.24, 2.45) is 0 Å². The zero-order valence-corrected chi connectivity index (χ0v) is 13.5. The largest absolute Gasteiger partial charge is 0.348 e. The zero-order chi connectivity index (χ0) is 17.3. The average Bonchev–Trinajstić information content (AvgIpc) is 2.56. The molecule has 5 heteroatoms. The van der Waals surface area contributed by atoms with Crippen LogP contribution in [-0.4, -0.2) is 10.5 Å². The summed E-state index contributed by atoms with van der Waals surface area (Å²) in [6.07, 6.45) is 1.71. The summed E-state index contributed by atoms with van der Waals surface area (Å²) in [6.45, 7) is 4.08. The van der Waals surface area contributed by atoms with Crippen LogP contribution in [0.1, 0.15) is 13.8 Å². The number of anilines is 1. The van der Waals surface area contributed by atoms with Gasteiger partial charge in [0.2, 0.25) is 5.91 Å². The molecular formula is C19H17FN2O2. The quantitative estimate of drug-likeness (QED) is 0.797. The summed E-state index contributed by atoms with van der Waals surface area (Å²) in [7, 11) is 0. The van der Waals surface area contributed by atoms with Gasteiger partial charge in [-0.25, -0.2) is 4.39 Å². The molecule has 1 amide bonds. The maximum atomic E-state index is 14.5. The van der Waals surface area contributed by atoms with E-state index in [1.807, 2.05) is 11.5 Å². The summed E-state index contributed by atoms with van der Waals surface area (Å²) < 4.78 is 16.4. The maximum Gasteiger partial charge on any atom is 0.221 e. The fourth-order valence-corrected chi connectivity index (χ4v) is 2.76. The van der Waals surface area contributed by atoms with E-state index in [0.717, 1.165) is 0 Å². The van der Waals surface area contributed by atoms with Gasteiger partial charge in [0.1, 0.15) is 5.82 Å². The van der Waals surface area contributed by atoms with Crippen LogP contribution in [-0.2, 0) is 11.3 Å². The third-order valence-electron chi connectivity index (χ3n) is 3.92. The Kier molecular flexibility index (Phi) is 4.16. The molecule has 0 saturated carbocycles. The molecular weight excluding hydrogens is 307 g/mol. The minimum absolute atomic E-state index is 0.161. The Morgan fingerprint density at radius 3 is 2.50 bits per heavy atom. The van der Waals surface area contributed by atoms with E-state index in [9.17, 15) is 14.0 Å². The average molecular weight is 324 g/mol. The van der Waals surface area contributed by atoms with E-state index in [4.69, 9.17) is 0 Å². The van der Waals surface area contributed by atoms with Gasteiger partial charge < -0.3 is 9.88 Å². The Balaban J connectivity index is 2.14. The second kappa shape index (κ2) is 6.28. The highest BCUT2D eigenvalue weighted by Crippen LogP contribution is 2.27. The molecule has 0 spiro atoms. The van der Waals surface area contributed by atoms with Gasteiger partial charge in [-0.1, -0.05) is 12.1 Å². The third-order valence-corrected chi connectivity index (χ3v) is 3.92. The van der Waals surface area contributed by atoms with Crippen LogP contribution in [0.25, 0.3) is 22.0 Å². The molecule has 0 aliphatic carbocycles. The fraction of sp³-hybridized carbons (Fsp3) is 0.158. The van der Waals surface area contributed by atoms with Crippen LogP contribution in [0.15, 0.2) is 53.5 Å². The predicted octanol–water partition coefficient (Wildman–Crippen LogP) is 3.79. The van der Waals surface area contributed by atoms with Crippen molar-refractivity contribution in [3.05, 3.63) is 64.7 Å². The molecule has 4 nitrogen and oxygen atoms in total. The highest BCUT2D eigenvalue weighted by Gasteiger charge is 2.11. The van der Waals surface area contributed by atoms with Gasteiger partial charge in [0.15, 0.2) is 5.43 Å². The van der Waals surface area contributed by atoms with Gasteiger partial charge in [0.25, 0.3) is 0 Å². The monoisotopic (exact) mass is 324 g/mol. The molecule has 0 fully saturated rings. The summed E-state index contributed by atoms with van der Waals surface area (Å²) in [6, 6.07) is 11.4. The number of aryl methyl sites for hydroxylation is 1. The summed E-state index contributed by atoms with van der Waals surface area (Å²) in [5.74, 6) is -0.604. The van der Waals surface area contributed by atoms with Crippen molar-refractivity contribution in [2.45, 2.75) is 20.4 Å². The SMILES string of the molecule is CCn1ccc(=O)c2cc(F)c(-c3ccc(NC(C)=O)cc3)cc21. The molecule has 2 aromatic carbocycles. The highest BCUT2D eigenvalue weighted by atomic mass is 19.1. The molecule has 0 atom stereocenters. The number of benzene rings is 2. The van der Waals surface area contributed by atoms with Crippen LogP contribution in [0, 0.1) is 5.82 Å². The van der Waals surface area contributed by atoms with Crippen molar-refractivity contribution in [3.63, 3.8) is 0 Å². The van der Waals surface area contributed by atoms with Crippen LogP contribution >= 0.6 is 0 Å². The molecule has 0 aliphatic rings. The number of nitrogens with zero attached hydrogens (tertiary/aromatic N) is 1. The summed E-state index contributed by atoms with van der Waals surface area (Å²) >= 11 is 0. The number of amides is 1. The molecule has 1 aromatic heterocycles. The lowest BCUT2D eigenvalue weighted by atomic mass is 10.0. The number of nitrogens with one attached hydrogen (secondary N) is 1. The molecule has 0 unspecified atom stereocenters. The molecule has 3 aromatic rings. The van der Waals surface area contributed by atoms with Gasteiger partial charge in [-0.05, 0) is 36.8 Å². The Hall–Kier alpha value is -2.95. The number of carbonyl (C=O) groups excluding carboxylic acids is 1. The van der Waals surface area contributed by atoms with Gasteiger partial charge in [-0.3, -0.25) is 9.59 Å². The number of hydrogen-bond acceptors (Lipinski definition) is 2. The van der Waals surface area contributed by atoms with E-state index in [1.165, 1.54) is 19.1 Å². The van der Waals surface area contributed by atoms with E-state index >= 15 is 0 Å². The summed E-state index contributed by atoms with van der Waals surface area (Å²) in [5, 5.41) is 3.05. The number of carbonyl (C=O) groups is 1. The Labute approximate surface area is 138 Å². The van der Waals surface area contributed by atoms with Gasteiger partial charge in [-0.15, -0.1) is 0 Å². The molecule has 1 N–H and O–H groups in total. The van der Waals surface area contributed by atoms with E-state index < -0.39 is 5.82 Å². The molecule has 0 aliphatic heterocycles. The first kappa shape index (κ1) is 15.9. The molecule has 0 saturated heterocycles. The van der Waals surface area contributed by atoms with Crippen LogP contribution < -0.4 is 10.7 Å². The lowest BCUT2D eigenvalue weighted by Gasteiger charge is -2.11. The first-order valence-electron chi connectivity index (χ1n) is 7.70. The fourth-order valence-electron chi connectivity index (χ4n) is 2.76. The normalized spacial score (nSPS) is 10.8. The van der Waals surface area contributed by atoms with Gasteiger partial charge in [0, 0.05) is 42.4 Å². The molecule has 122 valence electrons. The van der Waals surface area contributed by atoms with Gasteiger partial charge >= 0.3 is 0 Å². The standard InChI is InChI=1S/C19H17FN2O2/c1-3-22-9-8-19(24)16-10-17(20)15(11-18(16)22)13-4-6-14(7-5-13)21-12(2)23/h4-11H,3H2,1-2H3,(H,21,23). The number of pyridine rings is 1. The minimum Gasteiger partial charge on any atom is -0.348 e. The molecule has 0 bridgehead atoms. The minimum atomic E-state index is -0.444. The Morgan fingerprint density at radius 1 is 1.17 bits per heavy atom. The van der Waals surface area contributed by atoms with Crippen LogP contribution in [0.4, 0.5) is 10.1 Å².